The average Bonchev–Trinajstić information content (AvgIpc) is 2.10. The Morgan fingerprint density at radius 3 is 1.43 bits per heavy atom. The van der Waals surface area contributed by atoms with Gasteiger partial charge in [-0.25, -0.2) is 0 Å². The summed E-state index contributed by atoms with van der Waals surface area (Å²) in [5.41, 5.74) is 0. The van der Waals surface area contributed by atoms with Crippen molar-refractivity contribution in [3.05, 3.63) is 0 Å². The molecular formula is C6H10Hg2O4S2. The molecule has 0 radical (unpaired) electrons. The zero-order valence-corrected chi connectivity index (χ0v) is 20.7. The van der Waals surface area contributed by atoms with Gasteiger partial charge in [-0.05, 0) is 0 Å². The van der Waals surface area contributed by atoms with Crippen LogP contribution in [0.5, 0.6) is 0 Å². The fraction of sp³-hybridized carbons (Fsp3) is 0.667. The maximum atomic E-state index is 10.9. The van der Waals surface area contributed by atoms with E-state index >= 15 is 0 Å². The van der Waals surface area contributed by atoms with Gasteiger partial charge in [0.25, 0.3) is 0 Å². The van der Waals surface area contributed by atoms with Crippen molar-refractivity contribution in [3.63, 3.8) is 0 Å². The van der Waals surface area contributed by atoms with Crippen molar-refractivity contribution in [2.75, 3.05) is 0 Å². The van der Waals surface area contributed by atoms with E-state index in [1.54, 1.807) is 0 Å². The van der Waals surface area contributed by atoms with Crippen LogP contribution in [-0.4, -0.2) is 32.7 Å². The topological polar surface area (TPSA) is 74.6 Å². The van der Waals surface area contributed by atoms with E-state index in [0.29, 0.717) is 0 Å². The molecule has 0 aliphatic rings. The first-order chi connectivity index (χ1) is 6.54. The molecule has 14 heavy (non-hydrogen) atoms. The fourth-order valence-corrected chi connectivity index (χ4v) is 22.4. The van der Waals surface area contributed by atoms with Crippen molar-refractivity contribution in [3.8, 4) is 0 Å². The van der Waals surface area contributed by atoms with Gasteiger partial charge in [0.05, 0.1) is 0 Å². The van der Waals surface area contributed by atoms with Gasteiger partial charge < -0.3 is 0 Å². The van der Waals surface area contributed by atoms with Crippen molar-refractivity contribution in [1.82, 2.24) is 0 Å². The van der Waals surface area contributed by atoms with Crippen molar-refractivity contribution in [1.29, 1.82) is 0 Å². The normalized spacial score (nSPS) is 13.6. The summed E-state index contributed by atoms with van der Waals surface area (Å²) in [5.74, 6) is -1.92. The molecule has 74 valence electrons. The summed E-state index contributed by atoms with van der Waals surface area (Å²) in [6, 6.07) is 0. The van der Waals surface area contributed by atoms with Gasteiger partial charge in [0.15, 0.2) is 0 Å². The molecule has 0 aliphatic heterocycles. The van der Waals surface area contributed by atoms with E-state index in [4.69, 9.17) is 10.2 Å². The van der Waals surface area contributed by atoms with E-state index < -0.39 is 68.6 Å². The SMILES string of the molecule is [CH3][Hg][S]C(C(=O)O)C([S][Hg][CH3])C(=O)O. The van der Waals surface area contributed by atoms with Crippen molar-refractivity contribution in [2.24, 2.45) is 0 Å². The third kappa shape index (κ3) is 5.55. The van der Waals surface area contributed by atoms with Crippen LogP contribution >= 0.6 is 16.5 Å². The minimum absolute atomic E-state index is 0.705. The molecule has 0 aliphatic carbocycles. The molecule has 2 N–H and O–H groups in total. The Kier molecular flexibility index (Phi) is 9.57. The monoisotopic (exact) mass is 614 g/mol. The zero-order chi connectivity index (χ0) is 11.1. The summed E-state index contributed by atoms with van der Waals surface area (Å²) in [7, 11) is 2.83. The van der Waals surface area contributed by atoms with Gasteiger partial charge in [-0.3, -0.25) is 0 Å². The molecule has 0 aromatic rings. The Morgan fingerprint density at radius 2 is 1.29 bits per heavy atom. The molecule has 2 unspecified atom stereocenters. The van der Waals surface area contributed by atoms with Crippen molar-refractivity contribution in [2.45, 2.75) is 19.4 Å². The summed E-state index contributed by atoms with van der Waals surface area (Å²) in [4.78, 5) is 21.7. The number of hydrogen-bond acceptors (Lipinski definition) is 4. The zero-order valence-electron chi connectivity index (χ0n) is 8.10. The molecule has 0 amide bonds. The van der Waals surface area contributed by atoms with Gasteiger partial charge >= 0.3 is 114 Å². The first-order valence-corrected chi connectivity index (χ1v) is 30.8. The van der Waals surface area contributed by atoms with E-state index in [9.17, 15) is 9.59 Å². The van der Waals surface area contributed by atoms with Gasteiger partial charge in [0, 0.05) is 0 Å². The van der Waals surface area contributed by atoms with E-state index in [2.05, 4.69) is 8.86 Å². The summed E-state index contributed by atoms with van der Waals surface area (Å²) in [6.07, 6.45) is 0. The third-order valence-corrected chi connectivity index (χ3v) is 20.1. The second-order valence-electron chi connectivity index (χ2n) is 2.43. The molecule has 0 saturated heterocycles. The first-order valence-electron chi connectivity index (χ1n) is 4.23. The molecule has 0 aromatic heterocycles. The Labute approximate surface area is 112 Å². The summed E-state index contributed by atoms with van der Waals surface area (Å²) < 4.78 is 4.11. The van der Waals surface area contributed by atoms with Gasteiger partial charge in [0.1, 0.15) is 0 Å². The molecule has 2 atom stereocenters. The number of hydrogen-bond donors (Lipinski definition) is 2. The van der Waals surface area contributed by atoms with Crippen molar-refractivity contribution < 1.29 is 65.9 Å². The minimum atomic E-state index is -1.15. The molecule has 0 aromatic carbocycles. The number of aliphatic carboxylic acids is 2. The van der Waals surface area contributed by atoms with Crippen LogP contribution in [0.15, 0.2) is 0 Å². The second-order valence-corrected chi connectivity index (χ2v) is 26.5. The molecule has 8 heteroatoms. The molecule has 4 nitrogen and oxygen atoms in total. The van der Waals surface area contributed by atoms with Gasteiger partial charge in [-0.2, -0.15) is 0 Å². The van der Waals surface area contributed by atoms with Crippen LogP contribution in [0.2, 0.25) is 8.86 Å². The van der Waals surface area contributed by atoms with Crippen LogP contribution in [-0.2, 0) is 55.7 Å². The van der Waals surface area contributed by atoms with Crippen LogP contribution in [0.3, 0.4) is 0 Å². The Hall–Kier alpha value is 1.51. The van der Waals surface area contributed by atoms with Crippen LogP contribution in [0, 0.1) is 0 Å². The second kappa shape index (κ2) is 8.64. The van der Waals surface area contributed by atoms with E-state index in [-0.39, 0.29) is 0 Å². The van der Waals surface area contributed by atoms with Crippen LogP contribution in [0.4, 0.5) is 0 Å². The quantitative estimate of drug-likeness (QED) is 0.425. The van der Waals surface area contributed by atoms with Crippen LogP contribution in [0.1, 0.15) is 0 Å². The van der Waals surface area contributed by atoms with Gasteiger partial charge in [0.2, 0.25) is 0 Å². The number of carboxylic acid groups (broad SMARTS) is 2. The average molecular weight is 611 g/mol. The molecule has 0 saturated carbocycles. The van der Waals surface area contributed by atoms with E-state index in [0.717, 1.165) is 0 Å². The van der Waals surface area contributed by atoms with E-state index in [1.165, 1.54) is 16.5 Å². The standard InChI is InChI=1S/C4H6O4S2.2CH3.2Hg/c5-3(6)1(9)2(10)4(7)8;;;;/h1-2,9-10H,(H,5,6)(H,7,8);2*1H3;;/q;;;2*+1/p-2. The Bertz CT molecular complexity index is 192. The summed E-state index contributed by atoms with van der Waals surface area (Å²) >= 11 is -2.30. The third-order valence-electron chi connectivity index (χ3n) is 1.45. The number of carboxylic acids is 2. The first kappa shape index (κ1) is 15.5. The fourth-order valence-electron chi connectivity index (χ4n) is 0.935. The predicted octanol–water partition coefficient (Wildman–Crippen LogP) is 1.45. The van der Waals surface area contributed by atoms with Crippen molar-refractivity contribution >= 4 is 28.4 Å². The van der Waals surface area contributed by atoms with Gasteiger partial charge in [-0.1, -0.05) is 0 Å². The Balaban J connectivity index is 4.54. The maximum absolute atomic E-state index is 10.9. The molecular weight excluding hydrogens is 601 g/mol. The number of rotatable bonds is 7. The molecule has 0 heterocycles. The molecule has 0 rings (SSSR count). The van der Waals surface area contributed by atoms with Crippen LogP contribution in [0.25, 0.3) is 0 Å². The number of carbonyl (C=O) groups is 2. The van der Waals surface area contributed by atoms with Gasteiger partial charge in [-0.15, -0.1) is 0 Å². The predicted molar refractivity (Wildman–Crippen MR) is 49.8 cm³/mol. The molecule has 0 spiro atoms. The molecule has 0 bridgehead atoms. The summed E-state index contributed by atoms with van der Waals surface area (Å²) in [6.45, 7) is 0. The molecule has 0 fully saturated rings. The summed E-state index contributed by atoms with van der Waals surface area (Å²) in [5, 5.41) is 16.4. The Morgan fingerprint density at radius 1 is 1.00 bits per heavy atom. The van der Waals surface area contributed by atoms with E-state index in [1.807, 2.05) is 0 Å². The van der Waals surface area contributed by atoms with Crippen LogP contribution < -0.4 is 0 Å².